The molecule has 0 atom stereocenters. The van der Waals surface area contributed by atoms with Crippen molar-refractivity contribution in [1.82, 2.24) is 20.5 Å². The van der Waals surface area contributed by atoms with Crippen molar-refractivity contribution in [3.63, 3.8) is 0 Å². The van der Waals surface area contributed by atoms with Crippen LogP contribution in [0.25, 0.3) is 10.9 Å². The Bertz CT molecular complexity index is 828. The number of pyridine rings is 1. The van der Waals surface area contributed by atoms with Crippen LogP contribution in [-0.2, 0) is 0 Å². The number of hydrogen-bond acceptors (Lipinski definition) is 5. The Morgan fingerprint density at radius 3 is 2.60 bits per heavy atom. The number of benzene rings is 1. The Morgan fingerprint density at radius 2 is 1.80 bits per heavy atom. The van der Waals surface area contributed by atoms with Crippen LogP contribution in [0.1, 0.15) is 32.1 Å². The van der Waals surface area contributed by atoms with E-state index in [2.05, 4.69) is 56.1 Å². The standard InChI is InChI=1S/C23H34N6S/c30-23(25-10-5-15-28-13-3-1-2-4-14-28)26-20-7-8-21-19(18-20)6-9-22(27-21)29-16-11-24-12-17-29/h6-9,18,24H,1-5,10-17H2,(H2,25,26,30). The maximum absolute atomic E-state index is 5.49. The summed E-state index contributed by atoms with van der Waals surface area (Å²) in [6.07, 6.45) is 6.60. The summed E-state index contributed by atoms with van der Waals surface area (Å²) in [7, 11) is 0. The third-order valence-corrected chi connectivity index (χ3v) is 6.26. The molecule has 2 fully saturated rings. The number of fused-ring (bicyclic) bond motifs is 1. The van der Waals surface area contributed by atoms with Gasteiger partial charge in [0.15, 0.2) is 5.11 Å². The van der Waals surface area contributed by atoms with Crippen molar-refractivity contribution in [3.05, 3.63) is 30.3 Å². The molecule has 3 heterocycles. The molecule has 3 N–H and O–H groups in total. The summed E-state index contributed by atoms with van der Waals surface area (Å²) in [5.41, 5.74) is 2.03. The molecule has 0 aliphatic carbocycles. The van der Waals surface area contributed by atoms with E-state index in [-0.39, 0.29) is 0 Å². The molecule has 162 valence electrons. The molecule has 0 amide bonds. The SMILES string of the molecule is S=C(NCCCN1CCCCCC1)Nc1ccc2nc(N3CCNCC3)ccc2c1. The number of anilines is 2. The van der Waals surface area contributed by atoms with Crippen LogP contribution in [0.4, 0.5) is 11.5 Å². The fourth-order valence-corrected chi connectivity index (χ4v) is 4.52. The molecule has 4 rings (SSSR count). The molecular formula is C23H34N6S. The van der Waals surface area contributed by atoms with E-state index in [0.717, 1.165) is 68.1 Å². The summed E-state index contributed by atoms with van der Waals surface area (Å²) < 4.78 is 0. The molecule has 30 heavy (non-hydrogen) atoms. The maximum atomic E-state index is 5.49. The van der Waals surface area contributed by atoms with Gasteiger partial charge in [-0.25, -0.2) is 4.98 Å². The van der Waals surface area contributed by atoms with E-state index in [1.807, 2.05) is 0 Å². The molecule has 1 aromatic heterocycles. The van der Waals surface area contributed by atoms with Crippen LogP contribution in [0, 0.1) is 0 Å². The average Bonchev–Trinajstić information content (AvgIpc) is 3.06. The lowest BCUT2D eigenvalue weighted by Crippen LogP contribution is -2.43. The van der Waals surface area contributed by atoms with Crippen LogP contribution in [0.3, 0.4) is 0 Å². The molecule has 0 unspecified atom stereocenters. The summed E-state index contributed by atoms with van der Waals surface area (Å²) in [6.45, 7) is 8.63. The second kappa shape index (κ2) is 10.9. The van der Waals surface area contributed by atoms with Crippen LogP contribution in [0.2, 0.25) is 0 Å². The van der Waals surface area contributed by atoms with Gasteiger partial charge >= 0.3 is 0 Å². The second-order valence-electron chi connectivity index (χ2n) is 8.30. The topological polar surface area (TPSA) is 55.5 Å². The number of aromatic nitrogens is 1. The molecule has 0 spiro atoms. The van der Waals surface area contributed by atoms with Crippen molar-refractivity contribution in [2.75, 3.05) is 62.6 Å². The molecule has 0 bridgehead atoms. The Balaban J connectivity index is 1.25. The molecule has 2 saturated heterocycles. The minimum Gasteiger partial charge on any atom is -0.362 e. The smallest absolute Gasteiger partial charge is 0.170 e. The normalized spacial score (nSPS) is 18.2. The highest BCUT2D eigenvalue weighted by Gasteiger charge is 2.12. The summed E-state index contributed by atoms with van der Waals surface area (Å²) in [4.78, 5) is 9.78. The fraction of sp³-hybridized carbons (Fsp3) is 0.565. The van der Waals surface area contributed by atoms with E-state index in [1.54, 1.807) is 0 Å². The lowest BCUT2D eigenvalue weighted by Gasteiger charge is -2.28. The quantitative estimate of drug-likeness (QED) is 0.484. The van der Waals surface area contributed by atoms with Crippen molar-refractivity contribution in [2.24, 2.45) is 0 Å². The first-order valence-corrected chi connectivity index (χ1v) is 11.8. The fourth-order valence-electron chi connectivity index (χ4n) is 4.30. The Morgan fingerprint density at radius 1 is 1.00 bits per heavy atom. The Kier molecular flexibility index (Phi) is 7.72. The van der Waals surface area contributed by atoms with Crippen LogP contribution in [0.15, 0.2) is 30.3 Å². The van der Waals surface area contributed by atoms with Gasteiger partial charge in [-0.1, -0.05) is 12.8 Å². The zero-order valence-corrected chi connectivity index (χ0v) is 18.6. The molecule has 2 aliphatic rings. The van der Waals surface area contributed by atoms with Gasteiger partial charge in [-0.3, -0.25) is 0 Å². The van der Waals surface area contributed by atoms with E-state index in [1.165, 1.54) is 38.8 Å². The summed E-state index contributed by atoms with van der Waals surface area (Å²) in [6, 6.07) is 10.5. The lowest BCUT2D eigenvalue weighted by atomic mass is 10.2. The maximum Gasteiger partial charge on any atom is 0.170 e. The number of piperazine rings is 1. The third-order valence-electron chi connectivity index (χ3n) is 6.01. The number of likely N-dealkylation sites (tertiary alicyclic amines) is 1. The molecule has 0 saturated carbocycles. The van der Waals surface area contributed by atoms with Crippen molar-refractivity contribution >= 4 is 39.7 Å². The molecule has 7 heteroatoms. The largest absolute Gasteiger partial charge is 0.362 e. The van der Waals surface area contributed by atoms with Crippen LogP contribution in [-0.4, -0.2) is 67.4 Å². The summed E-state index contributed by atoms with van der Waals surface area (Å²) in [5, 5.41) is 11.9. The van der Waals surface area contributed by atoms with Crippen LogP contribution >= 0.6 is 12.2 Å². The highest BCUT2D eigenvalue weighted by Crippen LogP contribution is 2.22. The van der Waals surface area contributed by atoms with E-state index < -0.39 is 0 Å². The summed E-state index contributed by atoms with van der Waals surface area (Å²) >= 11 is 5.49. The molecular weight excluding hydrogens is 392 g/mol. The predicted molar refractivity (Wildman–Crippen MR) is 131 cm³/mol. The number of hydrogen-bond donors (Lipinski definition) is 3. The van der Waals surface area contributed by atoms with Gasteiger partial charge < -0.3 is 25.8 Å². The van der Waals surface area contributed by atoms with Gasteiger partial charge in [0.2, 0.25) is 0 Å². The van der Waals surface area contributed by atoms with Crippen molar-refractivity contribution in [3.8, 4) is 0 Å². The number of nitrogens with one attached hydrogen (secondary N) is 3. The number of nitrogens with zero attached hydrogens (tertiary/aromatic N) is 3. The zero-order valence-electron chi connectivity index (χ0n) is 17.8. The third kappa shape index (κ3) is 6.03. The Hall–Kier alpha value is -1.96. The number of rotatable bonds is 6. The Labute approximate surface area is 185 Å². The monoisotopic (exact) mass is 426 g/mol. The molecule has 2 aliphatic heterocycles. The first-order chi connectivity index (χ1) is 14.8. The van der Waals surface area contributed by atoms with Crippen molar-refractivity contribution in [2.45, 2.75) is 32.1 Å². The number of thiocarbonyl (C=S) groups is 1. The van der Waals surface area contributed by atoms with Crippen LogP contribution in [0.5, 0.6) is 0 Å². The van der Waals surface area contributed by atoms with Gasteiger partial charge in [0.1, 0.15) is 5.82 Å². The van der Waals surface area contributed by atoms with E-state index in [9.17, 15) is 0 Å². The van der Waals surface area contributed by atoms with Gasteiger partial charge in [-0.2, -0.15) is 0 Å². The molecule has 0 radical (unpaired) electrons. The first-order valence-electron chi connectivity index (χ1n) is 11.4. The van der Waals surface area contributed by atoms with E-state index in [0.29, 0.717) is 5.11 Å². The lowest BCUT2D eigenvalue weighted by molar-refractivity contribution is 0.282. The minimum atomic E-state index is 0.690. The molecule has 6 nitrogen and oxygen atoms in total. The average molecular weight is 427 g/mol. The van der Waals surface area contributed by atoms with Gasteiger partial charge in [-0.15, -0.1) is 0 Å². The van der Waals surface area contributed by atoms with Crippen molar-refractivity contribution in [1.29, 1.82) is 0 Å². The van der Waals surface area contributed by atoms with E-state index in [4.69, 9.17) is 17.2 Å². The minimum absolute atomic E-state index is 0.690. The summed E-state index contributed by atoms with van der Waals surface area (Å²) in [5.74, 6) is 1.06. The zero-order chi connectivity index (χ0) is 20.6. The second-order valence-corrected chi connectivity index (χ2v) is 8.71. The first kappa shape index (κ1) is 21.3. The predicted octanol–water partition coefficient (Wildman–Crippen LogP) is 3.20. The van der Waals surface area contributed by atoms with Gasteiger partial charge in [0.25, 0.3) is 0 Å². The molecule has 1 aromatic carbocycles. The van der Waals surface area contributed by atoms with Gasteiger partial charge in [-0.05, 0) is 81.4 Å². The van der Waals surface area contributed by atoms with Crippen molar-refractivity contribution < 1.29 is 0 Å². The van der Waals surface area contributed by atoms with Gasteiger partial charge in [0.05, 0.1) is 5.52 Å². The van der Waals surface area contributed by atoms with E-state index >= 15 is 0 Å². The highest BCUT2D eigenvalue weighted by molar-refractivity contribution is 7.80. The molecule has 2 aromatic rings. The highest BCUT2D eigenvalue weighted by atomic mass is 32.1. The van der Waals surface area contributed by atoms with Crippen LogP contribution < -0.4 is 20.9 Å². The van der Waals surface area contributed by atoms with Gasteiger partial charge in [0, 0.05) is 43.8 Å².